The van der Waals surface area contributed by atoms with Crippen molar-refractivity contribution in [1.82, 2.24) is 10.6 Å². The maximum Gasteiger partial charge on any atom is 0.171 e. The highest BCUT2D eigenvalue weighted by Crippen LogP contribution is 2.43. The number of benzene rings is 3. The molecule has 2 aliphatic rings. The highest BCUT2D eigenvalue weighted by atomic mass is 32.1. The lowest BCUT2D eigenvalue weighted by molar-refractivity contribution is 0.406. The summed E-state index contributed by atoms with van der Waals surface area (Å²) < 4.78 is 5.76. The van der Waals surface area contributed by atoms with Gasteiger partial charge in [0.05, 0.1) is 13.2 Å². The molecule has 1 aliphatic carbocycles. The Morgan fingerprint density at radius 1 is 0.963 bits per heavy atom. The van der Waals surface area contributed by atoms with Crippen LogP contribution in [-0.2, 0) is 6.42 Å². The molecule has 0 saturated heterocycles. The molecule has 0 amide bonds. The van der Waals surface area contributed by atoms with E-state index in [1.165, 1.54) is 27.5 Å². The van der Waals surface area contributed by atoms with Crippen molar-refractivity contribution < 1.29 is 4.74 Å². The first-order valence-corrected chi connectivity index (χ1v) is 9.61. The number of hydrogen-bond acceptors (Lipinski definition) is 2. The number of methoxy groups -OCH3 is 1. The lowest BCUT2D eigenvalue weighted by Gasteiger charge is -2.36. The number of aryl methyl sites for hydroxylation is 1. The predicted octanol–water partition coefficient (Wildman–Crippen LogP) is 4.72. The Labute approximate surface area is 164 Å². The third-order valence-electron chi connectivity index (χ3n) is 5.57. The van der Waals surface area contributed by atoms with Gasteiger partial charge in [-0.1, -0.05) is 54.6 Å². The molecule has 1 atom stereocenters. The van der Waals surface area contributed by atoms with Crippen LogP contribution in [0.25, 0.3) is 16.5 Å². The van der Waals surface area contributed by atoms with E-state index in [2.05, 4.69) is 71.3 Å². The molecule has 134 valence electrons. The SMILES string of the molecule is COc1ccc2ccccc2c1C1NC(=S)NC2=C1CCc1ccccc12. The van der Waals surface area contributed by atoms with Crippen molar-refractivity contribution in [2.24, 2.45) is 0 Å². The zero-order valence-electron chi connectivity index (χ0n) is 15.1. The van der Waals surface area contributed by atoms with Crippen molar-refractivity contribution in [2.75, 3.05) is 7.11 Å². The van der Waals surface area contributed by atoms with Crippen LogP contribution < -0.4 is 15.4 Å². The summed E-state index contributed by atoms with van der Waals surface area (Å²) in [6.45, 7) is 0. The number of thiocarbonyl (C=S) groups is 1. The molecule has 0 aromatic heterocycles. The van der Waals surface area contributed by atoms with Crippen molar-refractivity contribution in [3.63, 3.8) is 0 Å². The van der Waals surface area contributed by atoms with E-state index < -0.39 is 0 Å². The van der Waals surface area contributed by atoms with Gasteiger partial charge in [0.2, 0.25) is 0 Å². The maximum absolute atomic E-state index is 5.76. The van der Waals surface area contributed by atoms with Crippen molar-refractivity contribution in [1.29, 1.82) is 0 Å². The van der Waals surface area contributed by atoms with Gasteiger partial charge in [0.15, 0.2) is 5.11 Å². The van der Waals surface area contributed by atoms with E-state index in [1.807, 2.05) is 0 Å². The van der Waals surface area contributed by atoms with Crippen LogP contribution in [-0.4, -0.2) is 12.2 Å². The number of nitrogens with one attached hydrogen (secondary N) is 2. The van der Waals surface area contributed by atoms with Gasteiger partial charge in [0, 0.05) is 16.8 Å². The molecule has 3 aromatic carbocycles. The summed E-state index contributed by atoms with van der Waals surface area (Å²) in [6.07, 6.45) is 2.03. The molecule has 0 saturated carbocycles. The first kappa shape index (κ1) is 16.3. The number of rotatable bonds is 2. The second-order valence-corrected chi connectivity index (χ2v) is 7.40. The molecule has 27 heavy (non-hydrogen) atoms. The zero-order valence-corrected chi connectivity index (χ0v) is 15.9. The highest BCUT2D eigenvalue weighted by molar-refractivity contribution is 7.80. The Kier molecular flexibility index (Phi) is 3.87. The van der Waals surface area contributed by atoms with E-state index in [4.69, 9.17) is 17.0 Å². The van der Waals surface area contributed by atoms with Crippen LogP contribution in [0.3, 0.4) is 0 Å². The summed E-state index contributed by atoms with van der Waals surface area (Å²) in [5.41, 5.74) is 6.28. The van der Waals surface area contributed by atoms with Gasteiger partial charge in [0.25, 0.3) is 0 Å². The molecule has 2 N–H and O–H groups in total. The minimum atomic E-state index is 0.00292. The van der Waals surface area contributed by atoms with Gasteiger partial charge in [-0.3, -0.25) is 0 Å². The van der Waals surface area contributed by atoms with Crippen LogP contribution in [0.1, 0.15) is 29.2 Å². The summed E-state index contributed by atoms with van der Waals surface area (Å²) in [7, 11) is 1.73. The molecular formula is C23H20N2OS. The fraction of sp³-hybridized carbons (Fsp3) is 0.174. The molecule has 5 rings (SSSR count). The van der Waals surface area contributed by atoms with E-state index in [1.54, 1.807) is 7.11 Å². The Bertz CT molecular complexity index is 1100. The van der Waals surface area contributed by atoms with Crippen molar-refractivity contribution in [3.05, 3.63) is 82.9 Å². The van der Waals surface area contributed by atoms with Gasteiger partial charge in [-0.2, -0.15) is 0 Å². The monoisotopic (exact) mass is 372 g/mol. The molecular weight excluding hydrogens is 352 g/mol. The smallest absolute Gasteiger partial charge is 0.171 e. The Balaban J connectivity index is 1.77. The van der Waals surface area contributed by atoms with E-state index >= 15 is 0 Å². The lowest BCUT2D eigenvalue weighted by atomic mass is 9.81. The number of hydrogen-bond donors (Lipinski definition) is 2. The average Bonchev–Trinajstić information content (AvgIpc) is 2.72. The largest absolute Gasteiger partial charge is 0.496 e. The van der Waals surface area contributed by atoms with Gasteiger partial charge in [0.1, 0.15) is 5.75 Å². The van der Waals surface area contributed by atoms with E-state index in [0.29, 0.717) is 5.11 Å². The Hall–Kier alpha value is -2.85. The topological polar surface area (TPSA) is 33.3 Å². The molecule has 0 bridgehead atoms. The fourth-order valence-corrected chi connectivity index (χ4v) is 4.57. The van der Waals surface area contributed by atoms with Gasteiger partial charge in [-0.25, -0.2) is 0 Å². The molecule has 1 heterocycles. The highest BCUT2D eigenvalue weighted by Gasteiger charge is 2.33. The van der Waals surface area contributed by atoms with Crippen LogP contribution in [0.5, 0.6) is 5.75 Å². The van der Waals surface area contributed by atoms with Crippen LogP contribution in [0.15, 0.2) is 66.2 Å². The standard InChI is InChI=1S/C23H20N2OS/c1-26-19-13-11-14-6-2-4-8-16(14)20(19)22-18-12-10-15-7-3-5-9-17(15)21(18)24-23(27)25-22/h2-9,11,13,22H,10,12H2,1H3,(H2,24,25,27). The molecule has 4 heteroatoms. The average molecular weight is 372 g/mol. The van der Waals surface area contributed by atoms with Gasteiger partial charge < -0.3 is 15.4 Å². The van der Waals surface area contributed by atoms with E-state index in [0.717, 1.165) is 29.9 Å². The van der Waals surface area contributed by atoms with Crippen LogP contribution >= 0.6 is 12.2 Å². The molecule has 3 aromatic rings. The number of ether oxygens (including phenoxy) is 1. The second kappa shape index (κ2) is 6.39. The third kappa shape index (κ3) is 2.60. The molecule has 0 radical (unpaired) electrons. The molecule has 1 unspecified atom stereocenters. The predicted molar refractivity (Wildman–Crippen MR) is 114 cm³/mol. The van der Waals surface area contributed by atoms with Crippen LogP contribution in [0.4, 0.5) is 0 Å². The second-order valence-electron chi connectivity index (χ2n) is 6.99. The first-order valence-electron chi connectivity index (χ1n) is 9.21. The Morgan fingerprint density at radius 3 is 2.67 bits per heavy atom. The normalized spacial score (nSPS) is 18.4. The molecule has 3 nitrogen and oxygen atoms in total. The van der Waals surface area contributed by atoms with Gasteiger partial charge in [-0.05, 0) is 53.0 Å². The molecule has 0 spiro atoms. The third-order valence-corrected chi connectivity index (χ3v) is 5.79. The zero-order chi connectivity index (χ0) is 18.4. The number of fused-ring (bicyclic) bond motifs is 3. The van der Waals surface area contributed by atoms with Crippen LogP contribution in [0, 0.1) is 0 Å². The Morgan fingerprint density at radius 2 is 1.78 bits per heavy atom. The maximum atomic E-state index is 5.76. The van der Waals surface area contributed by atoms with Crippen molar-refractivity contribution >= 4 is 33.8 Å². The van der Waals surface area contributed by atoms with E-state index in [9.17, 15) is 0 Å². The summed E-state index contributed by atoms with van der Waals surface area (Å²) in [6, 6.07) is 21.2. The van der Waals surface area contributed by atoms with Gasteiger partial charge >= 0.3 is 0 Å². The first-order chi connectivity index (χ1) is 13.3. The van der Waals surface area contributed by atoms with Crippen LogP contribution in [0.2, 0.25) is 0 Å². The van der Waals surface area contributed by atoms with Gasteiger partial charge in [-0.15, -0.1) is 0 Å². The van der Waals surface area contributed by atoms with Crippen molar-refractivity contribution in [3.8, 4) is 5.75 Å². The minimum Gasteiger partial charge on any atom is -0.496 e. The summed E-state index contributed by atoms with van der Waals surface area (Å²) in [5, 5.41) is 9.99. The summed E-state index contributed by atoms with van der Waals surface area (Å²) >= 11 is 5.59. The van der Waals surface area contributed by atoms with Crippen molar-refractivity contribution in [2.45, 2.75) is 18.9 Å². The lowest BCUT2D eigenvalue weighted by Crippen LogP contribution is -2.44. The summed E-state index contributed by atoms with van der Waals surface area (Å²) in [5.74, 6) is 0.890. The van der Waals surface area contributed by atoms with E-state index in [-0.39, 0.29) is 6.04 Å². The summed E-state index contributed by atoms with van der Waals surface area (Å²) in [4.78, 5) is 0. The fourth-order valence-electron chi connectivity index (χ4n) is 4.35. The minimum absolute atomic E-state index is 0.00292. The quantitative estimate of drug-likeness (QED) is 0.638. The molecule has 1 aliphatic heterocycles. The molecule has 0 fully saturated rings.